The van der Waals surface area contributed by atoms with Gasteiger partial charge in [0.15, 0.2) is 0 Å². The number of rotatable bonds is 2. The highest BCUT2D eigenvalue weighted by Gasteiger charge is 2.32. The second kappa shape index (κ2) is 6.46. The van der Waals surface area contributed by atoms with Crippen molar-refractivity contribution in [3.05, 3.63) is 71.3 Å². The number of likely N-dealkylation sites (tertiary alicyclic amines) is 1. The first-order valence-electron chi connectivity index (χ1n) is 7.53. The number of aliphatic hydroxyl groups excluding tert-OH is 1. The minimum Gasteiger partial charge on any atom is -0.391 e. The Morgan fingerprint density at radius 2 is 1.87 bits per heavy atom. The molecule has 1 saturated heterocycles. The summed E-state index contributed by atoms with van der Waals surface area (Å²) in [6.07, 6.45) is -0.113. The number of hydrogen-bond donors (Lipinski definition) is 1. The van der Waals surface area contributed by atoms with E-state index in [1.807, 2.05) is 30.3 Å². The Hall–Kier alpha value is -2.27. The Balaban J connectivity index is 1.73. The number of halogens is 2. The highest BCUT2D eigenvalue weighted by Crippen LogP contribution is 2.29. The van der Waals surface area contributed by atoms with Crippen LogP contribution in [-0.4, -0.2) is 35.1 Å². The Labute approximate surface area is 133 Å². The lowest BCUT2D eigenvalue weighted by Gasteiger charge is -2.36. The number of nitrogens with zero attached hydrogens (tertiary/aromatic N) is 1. The van der Waals surface area contributed by atoms with Crippen LogP contribution in [0.5, 0.6) is 0 Å². The fraction of sp³-hybridized carbons (Fsp3) is 0.278. The molecule has 0 unspecified atom stereocenters. The molecule has 3 rings (SSSR count). The third-order valence-electron chi connectivity index (χ3n) is 4.26. The number of carbonyl (C=O) groups is 1. The zero-order chi connectivity index (χ0) is 16.4. The third kappa shape index (κ3) is 3.24. The number of carbonyl (C=O) groups excluding carboxylic acids is 1. The van der Waals surface area contributed by atoms with Crippen molar-refractivity contribution in [2.75, 3.05) is 13.1 Å². The largest absolute Gasteiger partial charge is 0.391 e. The molecule has 2 atom stereocenters. The van der Waals surface area contributed by atoms with Crippen molar-refractivity contribution in [1.82, 2.24) is 4.90 Å². The monoisotopic (exact) mass is 317 g/mol. The predicted octanol–water partition coefficient (Wildman–Crippen LogP) is 2.96. The SMILES string of the molecule is O=C(c1ccc(F)cc1F)N1CC[C@@H](c2ccccc2)[C@H](O)C1. The molecule has 1 amide bonds. The van der Waals surface area contributed by atoms with Gasteiger partial charge in [0.05, 0.1) is 11.7 Å². The van der Waals surface area contributed by atoms with E-state index in [0.717, 1.165) is 17.7 Å². The Morgan fingerprint density at radius 3 is 2.52 bits per heavy atom. The van der Waals surface area contributed by atoms with Crippen molar-refractivity contribution in [2.24, 2.45) is 0 Å². The summed E-state index contributed by atoms with van der Waals surface area (Å²) < 4.78 is 26.7. The number of benzene rings is 2. The minimum atomic E-state index is -0.880. The van der Waals surface area contributed by atoms with Crippen LogP contribution in [0.2, 0.25) is 0 Å². The molecule has 3 nitrogen and oxygen atoms in total. The average Bonchev–Trinajstić information content (AvgIpc) is 2.55. The quantitative estimate of drug-likeness (QED) is 0.925. The van der Waals surface area contributed by atoms with Gasteiger partial charge in [-0.2, -0.15) is 0 Å². The lowest BCUT2D eigenvalue weighted by molar-refractivity contribution is 0.0378. The van der Waals surface area contributed by atoms with Crippen LogP contribution in [0.1, 0.15) is 28.3 Å². The minimum absolute atomic E-state index is 0.0432. The van der Waals surface area contributed by atoms with Gasteiger partial charge in [0.25, 0.3) is 5.91 Å². The van der Waals surface area contributed by atoms with E-state index in [1.165, 1.54) is 4.90 Å². The Morgan fingerprint density at radius 1 is 1.13 bits per heavy atom. The topological polar surface area (TPSA) is 40.5 Å². The molecule has 0 radical (unpaired) electrons. The van der Waals surface area contributed by atoms with Gasteiger partial charge in [-0.15, -0.1) is 0 Å². The molecule has 0 saturated carbocycles. The van der Waals surface area contributed by atoms with Crippen molar-refractivity contribution in [3.63, 3.8) is 0 Å². The highest BCUT2D eigenvalue weighted by atomic mass is 19.1. The van der Waals surface area contributed by atoms with Crippen LogP contribution < -0.4 is 0 Å². The fourth-order valence-corrected chi connectivity index (χ4v) is 3.04. The molecule has 1 aliphatic heterocycles. The summed E-state index contributed by atoms with van der Waals surface area (Å²) in [5, 5.41) is 10.4. The number of β-amino-alcohol motifs (C(OH)–C–C–N with tert-alkyl or cyclic N) is 1. The first kappa shape index (κ1) is 15.6. The van der Waals surface area contributed by atoms with Crippen molar-refractivity contribution in [1.29, 1.82) is 0 Å². The molecule has 0 spiro atoms. The molecule has 0 aliphatic carbocycles. The molecule has 120 valence electrons. The van der Waals surface area contributed by atoms with Crippen LogP contribution >= 0.6 is 0 Å². The lowest BCUT2D eigenvalue weighted by atomic mass is 9.87. The first-order valence-corrected chi connectivity index (χ1v) is 7.53. The second-order valence-corrected chi connectivity index (χ2v) is 5.75. The van der Waals surface area contributed by atoms with Gasteiger partial charge >= 0.3 is 0 Å². The van der Waals surface area contributed by atoms with Crippen LogP contribution in [0.25, 0.3) is 0 Å². The molecule has 1 aliphatic rings. The molecule has 23 heavy (non-hydrogen) atoms. The van der Waals surface area contributed by atoms with E-state index in [4.69, 9.17) is 0 Å². The normalized spacial score (nSPS) is 21.3. The highest BCUT2D eigenvalue weighted by molar-refractivity contribution is 5.94. The first-order chi connectivity index (χ1) is 11.1. The van der Waals surface area contributed by atoms with E-state index >= 15 is 0 Å². The molecule has 5 heteroatoms. The number of hydrogen-bond acceptors (Lipinski definition) is 2. The zero-order valence-corrected chi connectivity index (χ0v) is 12.5. The van der Waals surface area contributed by atoms with Crippen molar-refractivity contribution < 1.29 is 18.7 Å². The van der Waals surface area contributed by atoms with Crippen molar-refractivity contribution in [3.8, 4) is 0 Å². The summed E-state index contributed by atoms with van der Waals surface area (Å²) >= 11 is 0. The average molecular weight is 317 g/mol. The maximum Gasteiger partial charge on any atom is 0.256 e. The van der Waals surface area contributed by atoms with Crippen LogP contribution in [0.15, 0.2) is 48.5 Å². The Kier molecular flexibility index (Phi) is 4.39. The molecule has 1 heterocycles. The zero-order valence-electron chi connectivity index (χ0n) is 12.5. The standard InChI is InChI=1S/C18H17F2NO2/c19-13-6-7-15(16(20)10-13)18(23)21-9-8-14(17(22)11-21)12-4-2-1-3-5-12/h1-7,10,14,17,22H,8-9,11H2/t14-,17+/m0/s1. The van der Waals surface area contributed by atoms with Gasteiger partial charge in [-0.25, -0.2) is 8.78 Å². The predicted molar refractivity (Wildman–Crippen MR) is 82.1 cm³/mol. The summed E-state index contributed by atoms with van der Waals surface area (Å²) in [5.74, 6) is -2.16. The molecule has 0 aromatic heterocycles. The third-order valence-corrected chi connectivity index (χ3v) is 4.26. The summed E-state index contributed by atoms with van der Waals surface area (Å²) in [6.45, 7) is 0.557. The van der Waals surface area contributed by atoms with Crippen LogP contribution in [0.4, 0.5) is 8.78 Å². The van der Waals surface area contributed by atoms with E-state index < -0.39 is 23.6 Å². The van der Waals surface area contributed by atoms with Crippen LogP contribution in [-0.2, 0) is 0 Å². The summed E-state index contributed by atoms with van der Waals surface area (Å²) in [5.41, 5.74) is 0.858. The van der Waals surface area contributed by atoms with Gasteiger partial charge in [0.2, 0.25) is 0 Å². The number of amides is 1. The number of aliphatic hydroxyl groups is 1. The molecule has 2 aromatic rings. The summed E-state index contributed by atoms with van der Waals surface area (Å²) in [6, 6.07) is 12.5. The molecule has 2 aromatic carbocycles. The number of piperidine rings is 1. The van der Waals surface area contributed by atoms with E-state index in [9.17, 15) is 18.7 Å². The molecular weight excluding hydrogens is 300 g/mol. The maximum absolute atomic E-state index is 13.7. The second-order valence-electron chi connectivity index (χ2n) is 5.75. The molecule has 1 fully saturated rings. The fourth-order valence-electron chi connectivity index (χ4n) is 3.04. The van der Waals surface area contributed by atoms with Gasteiger partial charge in [-0.3, -0.25) is 4.79 Å². The van der Waals surface area contributed by atoms with Crippen LogP contribution in [0.3, 0.4) is 0 Å². The smallest absolute Gasteiger partial charge is 0.256 e. The summed E-state index contributed by atoms with van der Waals surface area (Å²) in [7, 11) is 0. The molecular formula is C18H17F2NO2. The molecule has 0 bridgehead atoms. The van der Waals surface area contributed by atoms with Gasteiger partial charge in [-0.05, 0) is 24.1 Å². The van der Waals surface area contributed by atoms with Crippen LogP contribution in [0, 0.1) is 11.6 Å². The van der Waals surface area contributed by atoms with Gasteiger partial charge in [0.1, 0.15) is 11.6 Å². The van der Waals surface area contributed by atoms with E-state index in [0.29, 0.717) is 19.0 Å². The lowest BCUT2D eigenvalue weighted by Crippen LogP contribution is -2.46. The van der Waals surface area contributed by atoms with Gasteiger partial charge in [-0.1, -0.05) is 30.3 Å². The van der Waals surface area contributed by atoms with Crippen molar-refractivity contribution in [2.45, 2.75) is 18.4 Å². The van der Waals surface area contributed by atoms with Gasteiger partial charge < -0.3 is 10.0 Å². The van der Waals surface area contributed by atoms with Gasteiger partial charge in [0, 0.05) is 25.1 Å². The Bertz CT molecular complexity index is 705. The van der Waals surface area contributed by atoms with E-state index in [1.54, 1.807) is 0 Å². The van der Waals surface area contributed by atoms with E-state index in [-0.39, 0.29) is 18.0 Å². The molecule has 1 N–H and O–H groups in total. The summed E-state index contributed by atoms with van der Waals surface area (Å²) in [4.78, 5) is 13.8. The van der Waals surface area contributed by atoms with Crippen molar-refractivity contribution >= 4 is 5.91 Å². The maximum atomic E-state index is 13.7. The van der Waals surface area contributed by atoms with E-state index in [2.05, 4.69) is 0 Å².